The van der Waals surface area contributed by atoms with E-state index in [0.29, 0.717) is 0 Å². The van der Waals surface area contributed by atoms with E-state index in [0.717, 1.165) is 76.9 Å². The Balaban J connectivity index is 0.000000109. The van der Waals surface area contributed by atoms with Gasteiger partial charge in [-0.2, -0.15) is 0 Å². The van der Waals surface area contributed by atoms with Crippen LogP contribution in [0.25, 0.3) is 0 Å². The van der Waals surface area contributed by atoms with Crippen LogP contribution in [0.2, 0.25) is 0 Å². The molecule has 14 fully saturated rings. The first-order chi connectivity index (χ1) is 26.4. The van der Waals surface area contributed by atoms with Gasteiger partial charge in [0.05, 0.1) is 0 Å². The quantitative estimate of drug-likeness (QED) is 0.251. The second kappa shape index (κ2) is 23.0. The summed E-state index contributed by atoms with van der Waals surface area (Å²) in [6.45, 7) is 12.1. The van der Waals surface area contributed by atoms with Gasteiger partial charge in [0.1, 0.15) is 0 Å². The molecule has 9 atom stereocenters. The zero-order valence-electron chi connectivity index (χ0n) is 37.7. The molecule has 0 aromatic heterocycles. The normalized spacial score (nSPS) is 45.2. The highest BCUT2D eigenvalue weighted by Gasteiger charge is 2.42. The fourth-order valence-corrected chi connectivity index (χ4v) is 15.3. The van der Waals surface area contributed by atoms with E-state index in [1.165, 1.54) is 102 Å². The summed E-state index contributed by atoms with van der Waals surface area (Å²) in [4.78, 5) is 0. The molecule has 14 aliphatic carbocycles. The standard InChI is InChI=1S/C10H18.2C9H16.C8H14.C7H12.C6H12.C5H10/c1-2-9-7-8-3-5-10(9)6-4-8;1-6-7(2)9-4-3-8(6)5-9;1-7-6-8-2-4-9(7)5-3-8;1-6-4-7-2-3-8(6)5-7;1-2-7-4-3-6(1)5-7;1-2-4-6-5-3-1;1-2-4-5-3-1/h8-10H,2-7H2,1H3;6-9H,3-5H2,1-2H3;7-9H,2-6H2,1H3;6-8H,2-5H2,1H3;6-7H,1-5H2;1-6H2;1-5H2. The van der Waals surface area contributed by atoms with Gasteiger partial charge in [-0.3, -0.25) is 0 Å². The van der Waals surface area contributed by atoms with Crippen LogP contribution in [0.3, 0.4) is 0 Å². The Morgan fingerprint density at radius 3 is 0.796 bits per heavy atom. The molecule has 0 aliphatic heterocycles. The minimum atomic E-state index is 1.05. The molecular formula is C54H98. The Kier molecular flexibility index (Phi) is 18.5. The maximum atomic E-state index is 2.44. The molecule has 0 radical (unpaired) electrons. The van der Waals surface area contributed by atoms with Crippen LogP contribution in [0.4, 0.5) is 0 Å². The van der Waals surface area contributed by atoms with E-state index < -0.39 is 0 Å². The lowest BCUT2D eigenvalue weighted by Crippen LogP contribution is -2.30. The van der Waals surface area contributed by atoms with Crippen molar-refractivity contribution in [2.75, 3.05) is 0 Å². The van der Waals surface area contributed by atoms with Crippen LogP contribution in [0.1, 0.15) is 253 Å². The van der Waals surface area contributed by atoms with E-state index in [1.54, 1.807) is 128 Å². The largest absolute Gasteiger partial charge is 0.0651 e. The minimum absolute atomic E-state index is 1.05. The van der Waals surface area contributed by atoms with Crippen LogP contribution >= 0.6 is 0 Å². The van der Waals surface area contributed by atoms with Crippen LogP contribution < -0.4 is 0 Å². The number of fused-ring (bicyclic) bond motifs is 12. The lowest BCUT2D eigenvalue weighted by molar-refractivity contribution is 0.0964. The van der Waals surface area contributed by atoms with Crippen LogP contribution in [-0.4, -0.2) is 0 Å². The highest BCUT2D eigenvalue weighted by atomic mass is 14.5. The smallest absolute Gasteiger partial charge is 0.0383 e. The molecular weight excluding hydrogens is 649 g/mol. The van der Waals surface area contributed by atoms with Gasteiger partial charge in [-0.15, -0.1) is 0 Å². The van der Waals surface area contributed by atoms with Crippen molar-refractivity contribution >= 4 is 0 Å². The Bertz CT molecular complexity index is 915. The Labute approximate surface area is 340 Å². The lowest BCUT2D eigenvalue weighted by Gasteiger charge is -2.42. The third-order valence-electron chi connectivity index (χ3n) is 19.4. The van der Waals surface area contributed by atoms with E-state index in [4.69, 9.17) is 0 Å². The molecule has 0 N–H and O–H groups in total. The SMILES string of the molecule is C1CC2CCC1C2.C1CCCC1.C1CCCCC1.CC1C2CCC(C2)C1C.CC1CC2CCC1C2.CC1CC2CCC1CC2.CCC1CC2CCC1CC2. The molecule has 0 saturated heterocycles. The molecule has 0 aromatic rings. The van der Waals surface area contributed by atoms with Crippen molar-refractivity contribution in [1.82, 2.24) is 0 Å². The molecule has 0 spiro atoms. The number of rotatable bonds is 1. The third kappa shape index (κ3) is 13.3. The summed E-state index contributed by atoms with van der Waals surface area (Å²) in [6.07, 6.45) is 52.2. The summed E-state index contributed by atoms with van der Waals surface area (Å²) < 4.78 is 0. The summed E-state index contributed by atoms with van der Waals surface area (Å²) in [5.74, 6) is 16.7. The van der Waals surface area contributed by atoms with Crippen molar-refractivity contribution in [3.63, 3.8) is 0 Å². The van der Waals surface area contributed by atoms with Gasteiger partial charge in [0, 0.05) is 0 Å². The fourth-order valence-electron chi connectivity index (χ4n) is 15.3. The molecule has 10 bridgehead atoms. The maximum Gasteiger partial charge on any atom is -0.0383 e. The fraction of sp³-hybridized carbons (Fsp3) is 1.00. The topological polar surface area (TPSA) is 0 Å². The number of hydrogen-bond donors (Lipinski definition) is 0. The van der Waals surface area contributed by atoms with Gasteiger partial charge in [-0.1, -0.05) is 169 Å². The van der Waals surface area contributed by atoms with E-state index in [9.17, 15) is 0 Å². The van der Waals surface area contributed by atoms with E-state index in [2.05, 4.69) is 34.6 Å². The van der Waals surface area contributed by atoms with Gasteiger partial charge in [0.2, 0.25) is 0 Å². The highest BCUT2D eigenvalue weighted by Crippen LogP contribution is 2.52. The zero-order chi connectivity index (χ0) is 37.7. The first-order valence-electron chi connectivity index (χ1n) is 26.4. The predicted molar refractivity (Wildman–Crippen MR) is 238 cm³/mol. The van der Waals surface area contributed by atoms with Gasteiger partial charge in [-0.25, -0.2) is 0 Å². The molecule has 14 aliphatic rings. The molecule has 14 saturated carbocycles. The summed E-state index contributed by atoms with van der Waals surface area (Å²) in [5.41, 5.74) is 0. The lowest BCUT2D eigenvalue weighted by atomic mass is 9.64. The average Bonchev–Trinajstić information content (AvgIpc) is 4.10. The molecule has 0 amide bonds. The second-order valence-corrected chi connectivity index (χ2v) is 22.9. The predicted octanol–water partition coefficient (Wildman–Crippen LogP) is 17.7. The second-order valence-electron chi connectivity index (χ2n) is 22.9. The van der Waals surface area contributed by atoms with E-state index in [-0.39, 0.29) is 0 Å². The Morgan fingerprint density at radius 2 is 0.611 bits per heavy atom. The summed E-state index contributed by atoms with van der Waals surface area (Å²) >= 11 is 0. The van der Waals surface area contributed by atoms with E-state index >= 15 is 0 Å². The van der Waals surface area contributed by atoms with Crippen molar-refractivity contribution in [2.24, 2.45) is 88.8 Å². The monoisotopic (exact) mass is 747 g/mol. The Morgan fingerprint density at radius 1 is 0.278 bits per heavy atom. The van der Waals surface area contributed by atoms with Crippen molar-refractivity contribution in [2.45, 2.75) is 253 Å². The van der Waals surface area contributed by atoms with Gasteiger partial charge >= 0.3 is 0 Å². The van der Waals surface area contributed by atoms with Crippen molar-refractivity contribution in [3.8, 4) is 0 Å². The van der Waals surface area contributed by atoms with E-state index in [1.807, 2.05) is 0 Å². The molecule has 0 aromatic carbocycles. The first kappa shape index (κ1) is 43.6. The van der Waals surface area contributed by atoms with Crippen molar-refractivity contribution < 1.29 is 0 Å². The molecule has 9 unspecified atom stereocenters. The first-order valence-corrected chi connectivity index (χ1v) is 26.4. The summed E-state index contributed by atoms with van der Waals surface area (Å²) in [6, 6.07) is 0. The van der Waals surface area contributed by atoms with Gasteiger partial charge in [-0.05, 0) is 172 Å². The highest BCUT2D eigenvalue weighted by molar-refractivity contribution is 4.92. The zero-order valence-corrected chi connectivity index (χ0v) is 37.7. The average molecular weight is 747 g/mol. The van der Waals surface area contributed by atoms with Crippen LogP contribution in [0, 0.1) is 88.8 Å². The van der Waals surface area contributed by atoms with Crippen LogP contribution in [-0.2, 0) is 0 Å². The molecule has 54 heavy (non-hydrogen) atoms. The molecule has 0 heterocycles. The third-order valence-corrected chi connectivity index (χ3v) is 19.4. The van der Waals surface area contributed by atoms with Crippen LogP contribution in [0.5, 0.6) is 0 Å². The molecule has 314 valence electrons. The molecule has 0 nitrogen and oxygen atoms in total. The van der Waals surface area contributed by atoms with Gasteiger partial charge in [0.15, 0.2) is 0 Å². The molecule has 0 heteroatoms. The van der Waals surface area contributed by atoms with Crippen molar-refractivity contribution in [1.29, 1.82) is 0 Å². The van der Waals surface area contributed by atoms with Crippen molar-refractivity contribution in [3.05, 3.63) is 0 Å². The summed E-state index contributed by atoms with van der Waals surface area (Å²) in [7, 11) is 0. The minimum Gasteiger partial charge on any atom is -0.0651 e. The van der Waals surface area contributed by atoms with Gasteiger partial charge < -0.3 is 0 Å². The Hall–Kier alpha value is 0. The van der Waals surface area contributed by atoms with Crippen LogP contribution in [0.15, 0.2) is 0 Å². The summed E-state index contributed by atoms with van der Waals surface area (Å²) in [5, 5.41) is 0. The number of hydrogen-bond acceptors (Lipinski definition) is 0. The molecule has 14 rings (SSSR count). The maximum absolute atomic E-state index is 2.44. The van der Waals surface area contributed by atoms with Gasteiger partial charge in [0.25, 0.3) is 0 Å².